The largest absolute Gasteiger partial charge is 0.309 e. The molecule has 0 unspecified atom stereocenters. The molecule has 9 heteroatoms. The van der Waals surface area contributed by atoms with E-state index in [4.69, 9.17) is 11.6 Å². The van der Waals surface area contributed by atoms with Crippen LogP contribution >= 0.6 is 11.6 Å². The third kappa shape index (κ3) is 4.75. The van der Waals surface area contributed by atoms with Crippen LogP contribution < -0.4 is 9.62 Å². The summed E-state index contributed by atoms with van der Waals surface area (Å²) in [4.78, 5) is 12.6. The van der Waals surface area contributed by atoms with Gasteiger partial charge in [0.25, 0.3) is 0 Å². The Morgan fingerprint density at radius 3 is 2.48 bits per heavy atom. The minimum absolute atomic E-state index is 0.0583. The molecule has 0 spiro atoms. The maximum Gasteiger partial charge on any atom is 0.242 e. The van der Waals surface area contributed by atoms with E-state index in [1.165, 1.54) is 25.1 Å². The third-order valence-corrected chi connectivity index (χ3v) is 5.30. The van der Waals surface area contributed by atoms with E-state index in [-0.39, 0.29) is 28.7 Å². The summed E-state index contributed by atoms with van der Waals surface area (Å²) in [5, 5.41) is 0.0583. The Balaban J connectivity index is 2.12. The maximum atomic E-state index is 13.8. The summed E-state index contributed by atoms with van der Waals surface area (Å²) in [6.07, 6.45) is 0. The van der Waals surface area contributed by atoms with Gasteiger partial charge < -0.3 is 4.90 Å². The van der Waals surface area contributed by atoms with Crippen molar-refractivity contribution in [1.82, 2.24) is 4.72 Å². The van der Waals surface area contributed by atoms with Crippen LogP contribution in [0.1, 0.15) is 6.92 Å². The Hall–Kier alpha value is -2.03. The molecule has 1 N–H and O–H groups in total. The van der Waals surface area contributed by atoms with Crippen LogP contribution in [0, 0.1) is 11.6 Å². The van der Waals surface area contributed by atoms with Crippen molar-refractivity contribution in [3.8, 4) is 0 Å². The number of anilines is 1. The van der Waals surface area contributed by atoms with Crippen molar-refractivity contribution < 1.29 is 22.0 Å². The Kier molecular flexibility index (Phi) is 6.10. The Bertz CT molecular complexity index is 891. The molecule has 0 heterocycles. The van der Waals surface area contributed by atoms with Gasteiger partial charge >= 0.3 is 0 Å². The summed E-state index contributed by atoms with van der Waals surface area (Å²) in [5.74, 6) is -2.20. The Morgan fingerprint density at radius 1 is 1.20 bits per heavy atom. The first kappa shape index (κ1) is 19.3. The SMILES string of the molecule is CC(=O)N(CCNS(=O)(=O)c1ccccc1Cl)c1ccc(F)cc1F. The number of halogens is 3. The van der Waals surface area contributed by atoms with Gasteiger partial charge in [-0.05, 0) is 24.3 Å². The highest BCUT2D eigenvalue weighted by atomic mass is 35.5. The molecule has 0 aliphatic carbocycles. The molecule has 0 fully saturated rings. The molecule has 0 radical (unpaired) electrons. The molecule has 0 aliphatic heterocycles. The van der Waals surface area contributed by atoms with Gasteiger partial charge in [0.2, 0.25) is 15.9 Å². The van der Waals surface area contributed by atoms with Crippen molar-refractivity contribution in [2.75, 3.05) is 18.0 Å². The van der Waals surface area contributed by atoms with Crippen molar-refractivity contribution in [2.24, 2.45) is 0 Å². The van der Waals surface area contributed by atoms with E-state index in [0.29, 0.717) is 6.07 Å². The van der Waals surface area contributed by atoms with Gasteiger partial charge in [-0.3, -0.25) is 4.79 Å². The van der Waals surface area contributed by atoms with Gasteiger partial charge in [-0.15, -0.1) is 0 Å². The fourth-order valence-electron chi connectivity index (χ4n) is 2.18. The van der Waals surface area contributed by atoms with Crippen molar-refractivity contribution >= 4 is 33.2 Å². The predicted molar refractivity (Wildman–Crippen MR) is 91.0 cm³/mol. The van der Waals surface area contributed by atoms with Crippen LogP contribution in [0.2, 0.25) is 5.02 Å². The highest BCUT2D eigenvalue weighted by Crippen LogP contribution is 2.21. The topological polar surface area (TPSA) is 66.5 Å². The van der Waals surface area contributed by atoms with E-state index in [0.717, 1.165) is 17.0 Å². The van der Waals surface area contributed by atoms with Gasteiger partial charge in [-0.25, -0.2) is 21.9 Å². The monoisotopic (exact) mass is 388 g/mol. The summed E-state index contributed by atoms with van der Waals surface area (Å²) in [5.41, 5.74) is -0.133. The molecule has 2 aromatic rings. The van der Waals surface area contributed by atoms with E-state index in [1.807, 2.05) is 0 Å². The molecule has 0 aliphatic rings. The van der Waals surface area contributed by atoms with E-state index >= 15 is 0 Å². The smallest absolute Gasteiger partial charge is 0.242 e. The average Bonchev–Trinajstić information content (AvgIpc) is 2.52. The second kappa shape index (κ2) is 7.90. The molecule has 0 saturated heterocycles. The van der Waals surface area contributed by atoms with Gasteiger partial charge in [-0.1, -0.05) is 23.7 Å². The molecule has 134 valence electrons. The molecule has 1 amide bonds. The number of hydrogen-bond donors (Lipinski definition) is 1. The van der Waals surface area contributed by atoms with Crippen LogP contribution in [0.25, 0.3) is 0 Å². The van der Waals surface area contributed by atoms with Crippen LogP contribution in [-0.2, 0) is 14.8 Å². The highest BCUT2D eigenvalue weighted by molar-refractivity contribution is 7.89. The number of amides is 1. The average molecular weight is 389 g/mol. The molecule has 0 aromatic heterocycles. The van der Waals surface area contributed by atoms with Crippen LogP contribution in [0.3, 0.4) is 0 Å². The predicted octanol–water partition coefficient (Wildman–Crippen LogP) is 2.95. The lowest BCUT2D eigenvalue weighted by molar-refractivity contribution is -0.116. The lowest BCUT2D eigenvalue weighted by Gasteiger charge is -2.22. The minimum Gasteiger partial charge on any atom is -0.309 e. The zero-order chi connectivity index (χ0) is 18.6. The van der Waals surface area contributed by atoms with Crippen molar-refractivity contribution in [2.45, 2.75) is 11.8 Å². The first-order chi connectivity index (χ1) is 11.7. The molecular formula is C16H15ClF2N2O3S. The third-order valence-electron chi connectivity index (χ3n) is 3.33. The maximum absolute atomic E-state index is 13.8. The van der Waals surface area contributed by atoms with Crippen molar-refractivity contribution in [1.29, 1.82) is 0 Å². The van der Waals surface area contributed by atoms with Crippen LogP contribution in [0.4, 0.5) is 14.5 Å². The van der Waals surface area contributed by atoms with E-state index in [9.17, 15) is 22.0 Å². The lowest BCUT2D eigenvalue weighted by atomic mass is 10.2. The number of carbonyl (C=O) groups excluding carboxylic acids is 1. The lowest BCUT2D eigenvalue weighted by Crippen LogP contribution is -2.38. The number of hydrogen-bond acceptors (Lipinski definition) is 3. The van der Waals surface area contributed by atoms with Gasteiger partial charge in [0.05, 0.1) is 10.7 Å². The van der Waals surface area contributed by atoms with Crippen LogP contribution in [0.15, 0.2) is 47.4 Å². The summed E-state index contributed by atoms with van der Waals surface area (Å²) >= 11 is 5.86. The van der Waals surface area contributed by atoms with Gasteiger partial charge in [0.1, 0.15) is 16.5 Å². The number of sulfonamides is 1. The fraction of sp³-hybridized carbons (Fsp3) is 0.188. The second-order valence-corrected chi connectivity index (χ2v) is 7.24. The number of benzene rings is 2. The highest BCUT2D eigenvalue weighted by Gasteiger charge is 2.20. The number of nitrogens with zero attached hydrogens (tertiary/aromatic N) is 1. The molecule has 0 saturated carbocycles. The summed E-state index contributed by atoms with van der Waals surface area (Å²) < 4.78 is 53.6. The Morgan fingerprint density at radius 2 is 1.88 bits per heavy atom. The second-order valence-electron chi connectivity index (χ2n) is 5.09. The van der Waals surface area contributed by atoms with Gasteiger partial charge in [0.15, 0.2) is 0 Å². The van der Waals surface area contributed by atoms with Gasteiger partial charge in [0, 0.05) is 26.1 Å². The molecule has 2 aromatic carbocycles. The van der Waals surface area contributed by atoms with Crippen molar-refractivity contribution in [3.63, 3.8) is 0 Å². The quantitative estimate of drug-likeness (QED) is 0.827. The minimum atomic E-state index is -3.89. The number of carbonyl (C=O) groups is 1. The number of nitrogens with one attached hydrogen (secondary N) is 1. The molecule has 2 rings (SSSR count). The van der Waals surface area contributed by atoms with E-state index < -0.39 is 27.6 Å². The standard InChI is InChI=1S/C16H15ClF2N2O3S/c1-11(22)21(15-7-6-12(18)10-14(15)19)9-8-20-25(23,24)16-5-3-2-4-13(16)17/h2-7,10,20H,8-9H2,1H3. The van der Waals surface area contributed by atoms with E-state index in [1.54, 1.807) is 6.07 Å². The van der Waals surface area contributed by atoms with Crippen molar-refractivity contribution in [3.05, 3.63) is 59.1 Å². The van der Waals surface area contributed by atoms with Gasteiger partial charge in [-0.2, -0.15) is 0 Å². The molecule has 5 nitrogen and oxygen atoms in total. The first-order valence-electron chi connectivity index (χ1n) is 7.20. The summed E-state index contributed by atoms with van der Waals surface area (Å²) in [6.45, 7) is 0.886. The number of rotatable bonds is 6. The first-order valence-corrected chi connectivity index (χ1v) is 9.06. The van der Waals surface area contributed by atoms with Crippen LogP contribution in [0.5, 0.6) is 0 Å². The van der Waals surface area contributed by atoms with E-state index in [2.05, 4.69) is 4.72 Å². The Labute approximate surface area is 149 Å². The summed E-state index contributed by atoms with van der Waals surface area (Å²) in [7, 11) is -3.89. The van der Waals surface area contributed by atoms with Crippen LogP contribution in [-0.4, -0.2) is 27.4 Å². The normalized spacial score (nSPS) is 11.4. The zero-order valence-electron chi connectivity index (χ0n) is 13.2. The summed E-state index contributed by atoms with van der Waals surface area (Å²) in [6, 6.07) is 8.68. The fourth-order valence-corrected chi connectivity index (χ4v) is 3.72. The molecule has 25 heavy (non-hydrogen) atoms. The molecule has 0 atom stereocenters. The molecule has 0 bridgehead atoms. The molecular weight excluding hydrogens is 374 g/mol. The zero-order valence-corrected chi connectivity index (χ0v) is 14.7.